The van der Waals surface area contributed by atoms with E-state index in [0.29, 0.717) is 31.2 Å². The van der Waals surface area contributed by atoms with Crippen molar-refractivity contribution in [2.24, 2.45) is 5.73 Å². The van der Waals surface area contributed by atoms with Crippen molar-refractivity contribution in [1.82, 2.24) is 4.90 Å². The quantitative estimate of drug-likeness (QED) is 0.733. The number of para-hydroxylation sites is 2. The monoisotopic (exact) mass is 296 g/mol. The molecule has 0 saturated carbocycles. The van der Waals surface area contributed by atoms with Crippen LogP contribution in [0.5, 0.6) is 11.5 Å². The average molecular weight is 296 g/mol. The molecule has 0 fully saturated rings. The van der Waals surface area contributed by atoms with Gasteiger partial charge in [0.2, 0.25) is 5.91 Å². The van der Waals surface area contributed by atoms with Gasteiger partial charge in [-0.05, 0) is 12.1 Å². The smallest absolute Gasteiger partial charge is 0.225 e. The van der Waals surface area contributed by atoms with Gasteiger partial charge in [-0.2, -0.15) is 0 Å². The van der Waals surface area contributed by atoms with Crippen LogP contribution in [0, 0.1) is 0 Å². The number of nitrogens with two attached hydrogens (primary N) is 1. The first-order valence-corrected chi connectivity index (χ1v) is 6.85. The van der Waals surface area contributed by atoms with E-state index in [1.807, 2.05) is 24.3 Å². The number of carbonyl (C=O) groups excluding carboxylic acids is 1. The number of benzene rings is 1. The Hall–Kier alpha value is -1.79. The minimum atomic E-state index is -0.241. The largest absolute Gasteiger partial charge is 0.493 e. The number of hydrogen-bond acceptors (Lipinski definition) is 5. The maximum Gasteiger partial charge on any atom is 0.225 e. The molecule has 1 aromatic carbocycles. The van der Waals surface area contributed by atoms with Crippen molar-refractivity contribution in [2.75, 3.05) is 41.0 Å². The predicted molar refractivity (Wildman–Crippen MR) is 80.6 cm³/mol. The average Bonchev–Trinajstić information content (AvgIpc) is 2.52. The first-order valence-electron chi connectivity index (χ1n) is 6.85. The molecular weight excluding hydrogens is 272 g/mol. The van der Waals surface area contributed by atoms with Crippen LogP contribution in [0.15, 0.2) is 24.3 Å². The molecule has 2 N–H and O–H groups in total. The van der Waals surface area contributed by atoms with Crippen molar-refractivity contribution in [1.29, 1.82) is 0 Å². The number of rotatable bonds is 9. The summed E-state index contributed by atoms with van der Waals surface area (Å²) in [5, 5.41) is 0. The lowest BCUT2D eigenvalue weighted by atomic mass is 10.2. The molecule has 0 saturated heterocycles. The molecule has 0 aliphatic heterocycles. The fourth-order valence-corrected chi connectivity index (χ4v) is 1.77. The molecule has 0 bridgehead atoms. The molecule has 0 aliphatic carbocycles. The fourth-order valence-electron chi connectivity index (χ4n) is 1.77. The molecule has 0 spiro atoms. The van der Waals surface area contributed by atoms with E-state index >= 15 is 0 Å². The normalized spacial score (nSPS) is 11.8. The van der Waals surface area contributed by atoms with Crippen LogP contribution in [0.4, 0.5) is 0 Å². The van der Waals surface area contributed by atoms with Crippen LogP contribution in [-0.2, 0) is 9.53 Å². The fraction of sp³-hybridized carbons (Fsp3) is 0.533. The zero-order chi connectivity index (χ0) is 15.7. The lowest BCUT2D eigenvalue weighted by Crippen LogP contribution is -2.35. The number of nitrogens with zero attached hydrogens (tertiary/aromatic N) is 1. The van der Waals surface area contributed by atoms with E-state index in [-0.39, 0.29) is 18.4 Å². The van der Waals surface area contributed by atoms with E-state index in [4.69, 9.17) is 19.9 Å². The van der Waals surface area contributed by atoms with Gasteiger partial charge < -0.3 is 24.8 Å². The third-order valence-corrected chi connectivity index (χ3v) is 3.18. The van der Waals surface area contributed by atoms with Crippen molar-refractivity contribution in [2.45, 2.75) is 12.5 Å². The second kappa shape index (κ2) is 9.20. The van der Waals surface area contributed by atoms with Crippen molar-refractivity contribution in [3.63, 3.8) is 0 Å². The summed E-state index contributed by atoms with van der Waals surface area (Å²) in [6.45, 7) is 1.20. The van der Waals surface area contributed by atoms with Gasteiger partial charge in [-0.3, -0.25) is 4.79 Å². The van der Waals surface area contributed by atoms with E-state index in [1.165, 1.54) is 0 Å². The van der Waals surface area contributed by atoms with Crippen LogP contribution in [0.25, 0.3) is 0 Å². The second-order valence-electron chi connectivity index (χ2n) is 4.61. The van der Waals surface area contributed by atoms with Gasteiger partial charge in [0.15, 0.2) is 11.5 Å². The first kappa shape index (κ1) is 17.3. The molecular formula is C15H24N2O4. The third-order valence-electron chi connectivity index (χ3n) is 3.18. The number of likely N-dealkylation sites (N-methyl/N-ethyl adjacent to an activating group) is 1. The maximum absolute atomic E-state index is 11.9. The standard InChI is InChI=1S/C15H24N2O4/c1-17(15(18)10-12(11-16)19-2)8-9-21-14-7-5-4-6-13(14)20-3/h4-7,12H,8-11,16H2,1-3H3. The molecule has 0 aliphatic rings. The molecule has 0 heterocycles. The highest BCUT2D eigenvalue weighted by atomic mass is 16.5. The molecule has 0 radical (unpaired) electrons. The second-order valence-corrected chi connectivity index (χ2v) is 4.61. The van der Waals surface area contributed by atoms with Crippen LogP contribution in [0.2, 0.25) is 0 Å². The Labute approximate surface area is 125 Å². The van der Waals surface area contributed by atoms with Gasteiger partial charge in [0.05, 0.1) is 26.2 Å². The molecule has 1 amide bonds. The summed E-state index contributed by atoms with van der Waals surface area (Å²) >= 11 is 0. The molecule has 6 heteroatoms. The Morgan fingerprint density at radius 2 is 1.95 bits per heavy atom. The minimum Gasteiger partial charge on any atom is -0.493 e. The summed E-state index contributed by atoms with van der Waals surface area (Å²) in [5.74, 6) is 1.32. The molecule has 1 rings (SSSR count). The Morgan fingerprint density at radius 3 is 2.52 bits per heavy atom. The van der Waals surface area contributed by atoms with E-state index in [1.54, 1.807) is 26.2 Å². The Bertz CT molecular complexity index is 435. The van der Waals surface area contributed by atoms with E-state index in [2.05, 4.69) is 0 Å². The highest BCUT2D eigenvalue weighted by Crippen LogP contribution is 2.25. The molecule has 6 nitrogen and oxygen atoms in total. The summed E-state index contributed by atoms with van der Waals surface area (Å²) in [6.07, 6.45) is 0.0353. The number of hydrogen-bond donors (Lipinski definition) is 1. The lowest BCUT2D eigenvalue weighted by molar-refractivity contribution is -0.132. The highest BCUT2D eigenvalue weighted by molar-refractivity contribution is 5.76. The topological polar surface area (TPSA) is 74.0 Å². The van der Waals surface area contributed by atoms with Gasteiger partial charge in [0, 0.05) is 20.7 Å². The van der Waals surface area contributed by atoms with Crippen molar-refractivity contribution >= 4 is 5.91 Å². The first-order chi connectivity index (χ1) is 10.1. The van der Waals surface area contributed by atoms with Crippen LogP contribution >= 0.6 is 0 Å². The highest BCUT2D eigenvalue weighted by Gasteiger charge is 2.15. The maximum atomic E-state index is 11.9. The number of carbonyl (C=O) groups is 1. The minimum absolute atomic E-state index is 0.0177. The van der Waals surface area contributed by atoms with Crippen LogP contribution in [0.3, 0.4) is 0 Å². The summed E-state index contributed by atoms with van der Waals surface area (Å²) in [6, 6.07) is 7.40. The summed E-state index contributed by atoms with van der Waals surface area (Å²) in [5.41, 5.74) is 5.51. The third kappa shape index (κ3) is 5.61. The van der Waals surface area contributed by atoms with Crippen molar-refractivity contribution in [3.05, 3.63) is 24.3 Å². The van der Waals surface area contributed by atoms with E-state index in [0.717, 1.165) is 0 Å². The van der Waals surface area contributed by atoms with Gasteiger partial charge in [0.1, 0.15) is 6.61 Å². The van der Waals surface area contributed by atoms with E-state index < -0.39 is 0 Å². The van der Waals surface area contributed by atoms with Crippen LogP contribution in [0.1, 0.15) is 6.42 Å². The van der Waals surface area contributed by atoms with Gasteiger partial charge in [-0.15, -0.1) is 0 Å². The van der Waals surface area contributed by atoms with E-state index in [9.17, 15) is 4.79 Å². The lowest BCUT2D eigenvalue weighted by Gasteiger charge is -2.20. The number of amides is 1. The molecule has 1 unspecified atom stereocenters. The molecule has 1 aromatic rings. The predicted octanol–water partition coefficient (Wildman–Crippen LogP) is 0.896. The van der Waals surface area contributed by atoms with Gasteiger partial charge in [-0.25, -0.2) is 0 Å². The Kier molecular flexibility index (Phi) is 7.56. The van der Waals surface area contributed by atoms with Crippen LogP contribution < -0.4 is 15.2 Å². The summed E-state index contributed by atoms with van der Waals surface area (Å²) in [4.78, 5) is 13.6. The van der Waals surface area contributed by atoms with Gasteiger partial charge >= 0.3 is 0 Å². The zero-order valence-electron chi connectivity index (χ0n) is 12.9. The Morgan fingerprint density at radius 1 is 1.29 bits per heavy atom. The molecule has 21 heavy (non-hydrogen) atoms. The zero-order valence-corrected chi connectivity index (χ0v) is 12.9. The Balaban J connectivity index is 2.39. The summed E-state index contributed by atoms with van der Waals surface area (Å²) in [7, 11) is 4.88. The molecule has 1 atom stereocenters. The molecule has 0 aromatic heterocycles. The number of methoxy groups -OCH3 is 2. The van der Waals surface area contributed by atoms with Gasteiger partial charge in [0.25, 0.3) is 0 Å². The van der Waals surface area contributed by atoms with Crippen molar-refractivity contribution < 1.29 is 19.0 Å². The summed E-state index contributed by atoms with van der Waals surface area (Å²) < 4.78 is 15.9. The van der Waals surface area contributed by atoms with Gasteiger partial charge in [-0.1, -0.05) is 12.1 Å². The number of ether oxygens (including phenoxy) is 3. The molecule has 118 valence electrons. The van der Waals surface area contributed by atoms with Crippen LogP contribution in [-0.4, -0.2) is 57.9 Å². The van der Waals surface area contributed by atoms with Crippen molar-refractivity contribution in [3.8, 4) is 11.5 Å². The SMILES string of the molecule is COc1ccccc1OCCN(C)C(=O)CC(CN)OC.